The third-order valence-corrected chi connectivity index (χ3v) is 9.74. The summed E-state index contributed by atoms with van der Waals surface area (Å²) in [4.78, 5) is 4.85. The minimum absolute atomic E-state index is 0.187. The highest BCUT2D eigenvalue weighted by Crippen LogP contribution is 2.32. The van der Waals surface area contributed by atoms with Crippen LogP contribution in [0.3, 0.4) is 0 Å². The van der Waals surface area contributed by atoms with Crippen molar-refractivity contribution in [3.8, 4) is 23.0 Å². The van der Waals surface area contributed by atoms with E-state index in [1.54, 1.807) is 29.0 Å². The number of hydrogen-bond donors (Lipinski definition) is 0. The molecule has 0 unspecified atom stereocenters. The average Bonchev–Trinajstić information content (AvgIpc) is 3.60. The fraction of sp³-hybridized carbons (Fsp3) is 0.194. The van der Waals surface area contributed by atoms with Gasteiger partial charge in [0.2, 0.25) is 10.0 Å². The van der Waals surface area contributed by atoms with Gasteiger partial charge < -0.3 is 4.74 Å². The smallest absolute Gasteiger partial charge is 0.243 e. The molecule has 0 N–H and O–H groups in total. The van der Waals surface area contributed by atoms with Crippen LogP contribution in [0.2, 0.25) is 0 Å². The standard InChI is InChI=1S/C31H27N5O3S2/c1-21-18-35(19-22(2)39-21)41(37,38)27-12-8-9-23(16-27)30-25(20-36(34-30)26-10-4-3-5-11-26)15-24(17-32)31-33-28-13-6-7-14-29(28)40-31/h3-16,20-22H,18-19H2,1-2H3/b24-15-/t21-,22-/m1/s1. The molecule has 0 amide bonds. The molecule has 0 saturated carbocycles. The Bertz CT molecular complexity index is 1860. The summed E-state index contributed by atoms with van der Waals surface area (Å²) in [5.41, 5.74) is 3.94. The number of fused-ring (bicyclic) bond motifs is 1. The van der Waals surface area contributed by atoms with Crippen molar-refractivity contribution in [2.24, 2.45) is 0 Å². The number of thiazole rings is 1. The zero-order valence-corrected chi connectivity index (χ0v) is 24.1. The van der Waals surface area contributed by atoms with Crippen LogP contribution in [0.25, 0.3) is 38.8 Å². The molecule has 1 saturated heterocycles. The lowest BCUT2D eigenvalue weighted by Crippen LogP contribution is -2.48. The number of rotatable bonds is 6. The van der Waals surface area contributed by atoms with Crippen molar-refractivity contribution in [1.82, 2.24) is 19.1 Å². The second-order valence-corrected chi connectivity index (χ2v) is 12.9. The normalized spacial score (nSPS) is 18.4. The molecule has 3 heterocycles. The lowest BCUT2D eigenvalue weighted by atomic mass is 10.1. The minimum atomic E-state index is -3.76. The number of morpholine rings is 1. The van der Waals surface area contributed by atoms with Crippen LogP contribution in [0, 0.1) is 11.3 Å². The summed E-state index contributed by atoms with van der Waals surface area (Å²) in [6.07, 6.45) is 3.23. The van der Waals surface area contributed by atoms with Crippen LogP contribution < -0.4 is 0 Å². The van der Waals surface area contributed by atoms with Crippen LogP contribution in [0.4, 0.5) is 0 Å². The summed E-state index contributed by atoms with van der Waals surface area (Å²) in [7, 11) is -3.76. The molecule has 2 aromatic heterocycles. The van der Waals surface area contributed by atoms with E-state index in [4.69, 9.17) is 9.84 Å². The molecule has 3 aromatic carbocycles. The van der Waals surface area contributed by atoms with Gasteiger partial charge in [0.25, 0.3) is 0 Å². The maximum absolute atomic E-state index is 13.7. The summed E-state index contributed by atoms with van der Waals surface area (Å²) < 4.78 is 37.3. The Labute approximate surface area is 242 Å². The quantitative estimate of drug-likeness (QED) is 0.228. The highest BCUT2D eigenvalue weighted by Gasteiger charge is 2.32. The molecule has 1 fully saturated rings. The van der Waals surface area contributed by atoms with Gasteiger partial charge in [-0.25, -0.2) is 18.1 Å². The number of nitriles is 1. The Balaban J connectivity index is 1.46. The summed E-state index contributed by atoms with van der Waals surface area (Å²) in [5, 5.41) is 15.6. The highest BCUT2D eigenvalue weighted by molar-refractivity contribution is 7.89. The van der Waals surface area contributed by atoms with Crippen LogP contribution in [-0.2, 0) is 14.8 Å². The molecule has 1 aliphatic rings. The first kappa shape index (κ1) is 27.1. The third kappa shape index (κ3) is 5.45. The number of aromatic nitrogens is 3. The van der Waals surface area contributed by atoms with E-state index >= 15 is 0 Å². The summed E-state index contributed by atoms with van der Waals surface area (Å²) in [6, 6.07) is 26.5. The first-order chi connectivity index (χ1) is 19.8. The van der Waals surface area contributed by atoms with E-state index in [2.05, 4.69) is 11.1 Å². The van der Waals surface area contributed by atoms with Gasteiger partial charge in [0, 0.05) is 30.4 Å². The van der Waals surface area contributed by atoms with Crippen LogP contribution >= 0.6 is 11.3 Å². The Hall–Kier alpha value is -4.14. The van der Waals surface area contributed by atoms with Crippen molar-refractivity contribution < 1.29 is 13.2 Å². The largest absolute Gasteiger partial charge is 0.373 e. The summed E-state index contributed by atoms with van der Waals surface area (Å²) >= 11 is 1.45. The van der Waals surface area contributed by atoms with Gasteiger partial charge in [0.15, 0.2) is 0 Å². The minimum Gasteiger partial charge on any atom is -0.373 e. The van der Waals surface area contributed by atoms with Crippen molar-refractivity contribution >= 4 is 43.2 Å². The first-order valence-electron chi connectivity index (χ1n) is 13.2. The van der Waals surface area contributed by atoms with Gasteiger partial charge in [0.1, 0.15) is 16.8 Å². The molecule has 0 radical (unpaired) electrons. The topological polar surface area (TPSA) is 101 Å². The maximum Gasteiger partial charge on any atom is 0.243 e. The lowest BCUT2D eigenvalue weighted by molar-refractivity contribution is -0.0440. The fourth-order valence-corrected chi connectivity index (χ4v) is 7.56. The average molecular weight is 582 g/mol. The van der Waals surface area contributed by atoms with Gasteiger partial charge in [0.05, 0.1) is 38.6 Å². The number of para-hydroxylation sites is 2. The molecule has 206 valence electrons. The Morgan fingerprint density at radius 1 is 1.02 bits per heavy atom. The Morgan fingerprint density at radius 3 is 2.49 bits per heavy atom. The van der Waals surface area contributed by atoms with E-state index in [1.807, 2.05) is 80.7 Å². The van der Waals surface area contributed by atoms with Gasteiger partial charge in [-0.15, -0.1) is 11.3 Å². The van der Waals surface area contributed by atoms with Gasteiger partial charge >= 0.3 is 0 Å². The molecular weight excluding hydrogens is 555 g/mol. The number of benzene rings is 3. The van der Waals surface area contributed by atoms with Gasteiger partial charge in [-0.2, -0.15) is 14.7 Å². The van der Waals surface area contributed by atoms with Crippen LogP contribution in [-0.4, -0.2) is 52.8 Å². The molecule has 6 rings (SSSR count). The lowest BCUT2D eigenvalue weighted by Gasteiger charge is -2.34. The maximum atomic E-state index is 13.7. The number of sulfonamides is 1. The van der Waals surface area contributed by atoms with Gasteiger partial charge in [-0.05, 0) is 56.3 Å². The Morgan fingerprint density at radius 2 is 1.76 bits per heavy atom. The highest BCUT2D eigenvalue weighted by atomic mass is 32.2. The molecule has 10 heteroatoms. The molecule has 0 bridgehead atoms. The number of nitrogens with zero attached hydrogens (tertiary/aromatic N) is 5. The van der Waals surface area contributed by atoms with Crippen LogP contribution in [0.1, 0.15) is 24.4 Å². The summed E-state index contributed by atoms with van der Waals surface area (Å²) in [6.45, 7) is 4.34. The predicted molar refractivity (Wildman–Crippen MR) is 161 cm³/mol. The zero-order valence-electron chi connectivity index (χ0n) is 22.5. The second-order valence-electron chi connectivity index (χ2n) is 9.98. The zero-order chi connectivity index (χ0) is 28.6. The van der Waals surface area contributed by atoms with Crippen molar-refractivity contribution in [1.29, 1.82) is 5.26 Å². The number of ether oxygens (including phenoxy) is 1. The first-order valence-corrected chi connectivity index (χ1v) is 15.5. The van der Waals surface area contributed by atoms with Crippen molar-refractivity contribution in [3.05, 3.63) is 95.6 Å². The van der Waals surface area contributed by atoms with E-state index in [9.17, 15) is 13.7 Å². The monoisotopic (exact) mass is 581 g/mol. The molecule has 0 spiro atoms. The third-order valence-electron chi connectivity index (χ3n) is 6.84. The molecule has 0 aliphatic carbocycles. The molecule has 2 atom stereocenters. The fourth-order valence-electron chi connectivity index (χ4n) is 4.99. The molecule has 8 nitrogen and oxygen atoms in total. The van der Waals surface area contributed by atoms with Crippen LogP contribution in [0.15, 0.2) is 90.0 Å². The van der Waals surface area contributed by atoms with Crippen molar-refractivity contribution in [2.45, 2.75) is 31.0 Å². The van der Waals surface area contributed by atoms with Crippen LogP contribution in [0.5, 0.6) is 0 Å². The predicted octanol–water partition coefficient (Wildman–Crippen LogP) is 6.01. The molecule has 5 aromatic rings. The summed E-state index contributed by atoms with van der Waals surface area (Å²) in [5.74, 6) is 0. The SMILES string of the molecule is C[C@@H]1CN(S(=O)(=O)c2cccc(-c3nn(-c4ccccc4)cc3/C=C(/C#N)c3nc4ccccc4s3)c2)C[C@@H](C)O1. The van der Waals surface area contributed by atoms with E-state index < -0.39 is 10.0 Å². The second kappa shape index (κ2) is 11.0. The molecular formula is C31H27N5O3S2. The number of allylic oxidation sites excluding steroid dienone is 1. The van der Waals surface area contributed by atoms with E-state index in [-0.39, 0.29) is 17.1 Å². The van der Waals surface area contributed by atoms with Gasteiger partial charge in [-0.3, -0.25) is 0 Å². The van der Waals surface area contributed by atoms with E-state index in [0.717, 1.165) is 15.9 Å². The van der Waals surface area contributed by atoms with Gasteiger partial charge in [-0.1, -0.05) is 42.5 Å². The van der Waals surface area contributed by atoms with E-state index in [0.29, 0.717) is 40.5 Å². The molecule has 1 aliphatic heterocycles. The van der Waals surface area contributed by atoms with E-state index in [1.165, 1.54) is 15.6 Å². The number of hydrogen-bond acceptors (Lipinski definition) is 7. The molecule has 41 heavy (non-hydrogen) atoms. The Kier molecular flexibility index (Phi) is 7.28. The van der Waals surface area contributed by atoms with Crippen molar-refractivity contribution in [2.75, 3.05) is 13.1 Å². The van der Waals surface area contributed by atoms with Crippen molar-refractivity contribution in [3.63, 3.8) is 0 Å².